The molecule has 0 saturated carbocycles. The first-order valence-corrected chi connectivity index (χ1v) is 7.25. The highest BCUT2D eigenvalue weighted by molar-refractivity contribution is 5.80. The molecule has 6 nitrogen and oxygen atoms in total. The minimum absolute atomic E-state index is 0.0571. The Kier molecular flexibility index (Phi) is 4.07. The summed E-state index contributed by atoms with van der Waals surface area (Å²) >= 11 is 0. The van der Waals surface area contributed by atoms with Crippen LogP contribution in [0.4, 0.5) is 0 Å². The Balaban J connectivity index is 2.01. The average Bonchev–Trinajstić information content (AvgIpc) is 2.66. The summed E-state index contributed by atoms with van der Waals surface area (Å²) in [6.07, 6.45) is 1.37. The monoisotopic (exact) mass is 293 g/mol. The molecular formula is C15H23N3O3. The normalized spacial score (nSPS) is 17.8. The van der Waals surface area contributed by atoms with Crippen LogP contribution < -0.4 is 0 Å². The van der Waals surface area contributed by atoms with Gasteiger partial charge in [-0.2, -0.15) is 5.10 Å². The van der Waals surface area contributed by atoms with Crippen LogP contribution in [0.1, 0.15) is 36.7 Å². The maximum absolute atomic E-state index is 12.4. The summed E-state index contributed by atoms with van der Waals surface area (Å²) in [6.45, 7) is 6.65. The van der Waals surface area contributed by atoms with Crippen LogP contribution in [-0.4, -0.2) is 44.8 Å². The summed E-state index contributed by atoms with van der Waals surface area (Å²) in [5, 5.41) is 13.5. The number of hydrogen-bond donors (Lipinski definition) is 1. The predicted molar refractivity (Wildman–Crippen MR) is 77.9 cm³/mol. The fourth-order valence-corrected chi connectivity index (χ4v) is 2.80. The predicted octanol–water partition coefficient (Wildman–Crippen LogP) is 1.29. The number of nitrogens with zero attached hydrogens (tertiary/aromatic N) is 3. The zero-order chi connectivity index (χ0) is 15.8. The third-order valence-corrected chi connectivity index (χ3v) is 4.72. The van der Waals surface area contributed by atoms with E-state index < -0.39 is 11.4 Å². The molecule has 0 spiro atoms. The average molecular weight is 293 g/mol. The number of piperidine rings is 1. The minimum atomic E-state index is -0.770. The lowest BCUT2D eigenvalue weighted by atomic mass is 9.80. The molecule has 6 heteroatoms. The van der Waals surface area contributed by atoms with Crippen LogP contribution in [0.25, 0.3) is 0 Å². The SMILES string of the molecule is Cc1nn(C)c(C)c1CC(=O)N1CCC(C)(C(=O)O)CC1. The van der Waals surface area contributed by atoms with Crippen LogP contribution in [-0.2, 0) is 23.1 Å². The number of aryl methyl sites for hydroxylation is 2. The molecule has 1 N–H and O–H groups in total. The van der Waals surface area contributed by atoms with Gasteiger partial charge in [0.25, 0.3) is 0 Å². The van der Waals surface area contributed by atoms with Gasteiger partial charge in [0.15, 0.2) is 0 Å². The second kappa shape index (κ2) is 5.50. The van der Waals surface area contributed by atoms with Gasteiger partial charge in [0.2, 0.25) is 5.91 Å². The van der Waals surface area contributed by atoms with Gasteiger partial charge in [-0.1, -0.05) is 0 Å². The van der Waals surface area contributed by atoms with E-state index in [2.05, 4.69) is 5.10 Å². The molecule has 1 aliphatic rings. The Morgan fingerprint density at radius 1 is 1.29 bits per heavy atom. The fraction of sp³-hybridized carbons (Fsp3) is 0.667. The Morgan fingerprint density at radius 2 is 1.86 bits per heavy atom. The van der Waals surface area contributed by atoms with Gasteiger partial charge < -0.3 is 10.0 Å². The van der Waals surface area contributed by atoms with E-state index in [9.17, 15) is 14.7 Å². The second-order valence-electron chi connectivity index (χ2n) is 6.20. The van der Waals surface area contributed by atoms with Crippen molar-refractivity contribution >= 4 is 11.9 Å². The number of carboxylic acid groups (broad SMARTS) is 1. The van der Waals surface area contributed by atoms with E-state index in [4.69, 9.17) is 0 Å². The lowest BCUT2D eigenvalue weighted by Gasteiger charge is -2.36. The van der Waals surface area contributed by atoms with Crippen molar-refractivity contribution in [2.75, 3.05) is 13.1 Å². The molecule has 116 valence electrons. The first-order chi connectivity index (χ1) is 9.74. The zero-order valence-electron chi connectivity index (χ0n) is 13.1. The minimum Gasteiger partial charge on any atom is -0.481 e. The quantitative estimate of drug-likeness (QED) is 0.911. The van der Waals surface area contributed by atoms with Crippen molar-refractivity contribution in [1.82, 2.24) is 14.7 Å². The molecule has 1 fully saturated rings. The Hall–Kier alpha value is -1.85. The van der Waals surface area contributed by atoms with E-state index in [1.807, 2.05) is 20.9 Å². The van der Waals surface area contributed by atoms with Crippen LogP contribution in [0, 0.1) is 19.3 Å². The molecule has 0 atom stereocenters. The van der Waals surface area contributed by atoms with Gasteiger partial charge >= 0.3 is 5.97 Å². The van der Waals surface area contributed by atoms with E-state index in [1.54, 1.807) is 16.5 Å². The molecule has 0 unspecified atom stereocenters. The standard InChI is InChI=1S/C15H23N3O3/c1-10-12(11(2)17(4)16-10)9-13(19)18-7-5-15(3,6-8-18)14(20)21/h5-9H2,1-4H3,(H,20,21). The highest BCUT2D eigenvalue weighted by atomic mass is 16.4. The molecule has 21 heavy (non-hydrogen) atoms. The lowest BCUT2D eigenvalue weighted by molar-refractivity contribution is -0.152. The Bertz CT molecular complexity index is 569. The number of carbonyl (C=O) groups is 2. The first-order valence-electron chi connectivity index (χ1n) is 7.25. The van der Waals surface area contributed by atoms with Gasteiger partial charge in [-0.15, -0.1) is 0 Å². The van der Waals surface area contributed by atoms with Gasteiger partial charge in [0, 0.05) is 31.4 Å². The molecule has 1 amide bonds. The van der Waals surface area contributed by atoms with Gasteiger partial charge in [-0.05, 0) is 33.6 Å². The van der Waals surface area contributed by atoms with E-state index in [0.717, 1.165) is 17.0 Å². The molecule has 1 aliphatic heterocycles. The Labute approximate surface area is 124 Å². The number of aromatic nitrogens is 2. The third-order valence-electron chi connectivity index (χ3n) is 4.72. The van der Waals surface area contributed by atoms with Crippen molar-refractivity contribution in [2.24, 2.45) is 12.5 Å². The van der Waals surface area contributed by atoms with Crippen LogP contribution >= 0.6 is 0 Å². The number of carbonyl (C=O) groups excluding carboxylic acids is 1. The molecule has 1 aromatic rings. The molecule has 0 aromatic carbocycles. The maximum Gasteiger partial charge on any atom is 0.309 e. The highest BCUT2D eigenvalue weighted by Crippen LogP contribution is 2.31. The molecule has 0 bridgehead atoms. The number of carboxylic acids is 1. The van der Waals surface area contributed by atoms with Crippen molar-refractivity contribution in [3.05, 3.63) is 17.0 Å². The maximum atomic E-state index is 12.4. The van der Waals surface area contributed by atoms with Gasteiger partial charge in [-0.25, -0.2) is 0 Å². The van der Waals surface area contributed by atoms with Crippen molar-refractivity contribution in [3.63, 3.8) is 0 Å². The van der Waals surface area contributed by atoms with Crippen LogP contribution in [0.2, 0.25) is 0 Å². The molecule has 0 aliphatic carbocycles. The number of likely N-dealkylation sites (tertiary alicyclic amines) is 1. The molecular weight excluding hydrogens is 270 g/mol. The number of amides is 1. The molecule has 1 aromatic heterocycles. The number of hydrogen-bond acceptors (Lipinski definition) is 3. The summed E-state index contributed by atoms with van der Waals surface area (Å²) in [5.74, 6) is -0.713. The van der Waals surface area contributed by atoms with Crippen LogP contribution in [0.15, 0.2) is 0 Å². The largest absolute Gasteiger partial charge is 0.481 e. The van der Waals surface area contributed by atoms with Gasteiger partial charge in [-0.3, -0.25) is 14.3 Å². The third kappa shape index (κ3) is 2.94. The molecule has 0 radical (unpaired) electrons. The summed E-state index contributed by atoms with van der Waals surface area (Å²) in [7, 11) is 1.87. The summed E-state index contributed by atoms with van der Waals surface area (Å²) in [6, 6.07) is 0. The van der Waals surface area contributed by atoms with Crippen molar-refractivity contribution in [3.8, 4) is 0 Å². The zero-order valence-corrected chi connectivity index (χ0v) is 13.1. The summed E-state index contributed by atoms with van der Waals surface area (Å²) < 4.78 is 1.79. The van der Waals surface area contributed by atoms with E-state index >= 15 is 0 Å². The summed E-state index contributed by atoms with van der Waals surface area (Å²) in [4.78, 5) is 25.4. The highest BCUT2D eigenvalue weighted by Gasteiger charge is 2.38. The van der Waals surface area contributed by atoms with Crippen LogP contribution in [0.5, 0.6) is 0 Å². The lowest BCUT2D eigenvalue weighted by Crippen LogP contribution is -2.45. The Morgan fingerprint density at radius 3 is 2.29 bits per heavy atom. The van der Waals surface area contributed by atoms with E-state index in [0.29, 0.717) is 32.4 Å². The van der Waals surface area contributed by atoms with Crippen LogP contribution in [0.3, 0.4) is 0 Å². The molecule has 2 heterocycles. The van der Waals surface area contributed by atoms with Gasteiger partial charge in [0.05, 0.1) is 17.5 Å². The molecule has 1 saturated heterocycles. The first kappa shape index (κ1) is 15.5. The van der Waals surface area contributed by atoms with E-state index in [1.165, 1.54) is 0 Å². The van der Waals surface area contributed by atoms with Crippen molar-refractivity contribution in [1.29, 1.82) is 0 Å². The fourth-order valence-electron chi connectivity index (χ4n) is 2.80. The van der Waals surface area contributed by atoms with Crippen molar-refractivity contribution in [2.45, 2.75) is 40.0 Å². The van der Waals surface area contributed by atoms with E-state index in [-0.39, 0.29) is 5.91 Å². The topological polar surface area (TPSA) is 75.4 Å². The summed E-state index contributed by atoms with van der Waals surface area (Å²) in [5.41, 5.74) is 2.18. The second-order valence-corrected chi connectivity index (χ2v) is 6.20. The van der Waals surface area contributed by atoms with Crippen molar-refractivity contribution < 1.29 is 14.7 Å². The smallest absolute Gasteiger partial charge is 0.309 e. The number of rotatable bonds is 3. The molecule has 2 rings (SSSR count). The number of aliphatic carboxylic acids is 1. The van der Waals surface area contributed by atoms with Gasteiger partial charge in [0.1, 0.15) is 0 Å².